The van der Waals surface area contributed by atoms with Gasteiger partial charge in [-0.25, -0.2) is 0 Å². The first kappa shape index (κ1) is 19.5. The lowest BCUT2D eigenvalue weighted by Crippen LogP contribution is -2.20. The van der Waals surface area contributed by atoms with Gasteiger partial charge in [-0.1, -0.05) is 30.3 Å². The zero-order valence-corrected chi connectivity index (χ0v) is 15.5. The summed E-state index contributed by atoms with van der Waals surface area (Å²) in [7, 11) is 1.46. The molecule has 0 amide bonds. The molecular weight excluding hydrogens is 388 g/mol. The van der Waals surface area contributed by atoms with Gasteiger partial charge in [0.2, 0.25) is 0 Å². The predicted octanol–water partition coefficient (Wildman–Crippen LogP) is 2.54. The number of rotatable bonds is 6. The second-order valence-electron chi connectivity index (χ2n) is 5.55. The summed E-state index contributed by atoms with van der Waals surface area (Å²) in [6.45, 7) is -2.97. The molecule has 3 rings (SSSR count). The number of H-pyrrole nitrogens is 1. The second-order valence-corrected chi connectivity index (χ2v) is 6.64. The molecule has 0 bridgehead atoms. The number of ether oxygens (including phenoxy) is 2. The van der Waals surface area contributed by atoms with Crippen LogP contribution in [0.3, 0.4) is 0 Å². The fourth-order valence-electron chi connectivity index (χ4n) is 2.51. The number of carbonyl (C=O) groups is 1. The minimum atomic E-state index is -2.97. The fraction of sp³-hybridized carbons (Fsp3) is 0.100. The van der Waals surface area contributed by atoms with Crippen LogP contribution in [-0.4, -0.2) is 24.5 Å². The molecule has 0 spiro atoms. The van der Waals surface area contributed by atoms with Crippen molar-refractivity contribution in [1.82, 2.24) is 4.98 Å². The van der Waals surface area contributed by atoms with E-state index in [0.29, 0.717) is 21.5 Å². The molecule has 0 aliphatic carbocycles. The Bertz CT molecular complexity index is 1170. The van der Waals surface area contributed by atoms with E-state index in [-0.39, 0.29) is 16.1 Å². The number of methoxy groups -OCH3 is 1. The highest BCUT2D eigenvalue weighted by Crippen LogP contribution is 2.20. The zero-order chi connectivity index (χ0) is 20.1. The van der Waals surface area contributed by atoms with Crippen LogP contribution < -0.4 is 24.2 Å². The number of nitrogens with one attached hydrogen (secondary N) is 1. The number of Topliss-reactive ketones (excluding diaryl/α,β-unsaturated/α-hetero) is 1. The third-order valence-corrected chi connectivity index (χ3v) is 4.70. The number of alkyl halides is 2. The number of hydrogen-bond acceptors (Lipinski definition) is 5. The normalized spacial score (nSPS) is 12.4. The number of benzene rings is 2. The van der Waals surface area contributed by atoms with Gasteiger partial charge in [-0.2, -0.15) is 8.78 Å². The van der Waals surface area contributed by atoms with Crippen LogP contribution in [0.2, 0.25) is 0 Å². The van der Waals surface area contributed by atoms with Crippen LogP contribution >= 0.6 is 11.3 Å². The number of para-hydroxylation sites is 2. The van der Waals surface area contributed by atoms with Crippen molar-refractivity contribution in [2.45, 2.75) is 6.61 Å². The summed E-state index contributed by atoms with van der Waals surface area (Å²) >= 11 is 1.03. The summed E-state index contributed by atoms with van der Waals surface area (Å²) < 4.78 is 35.3. The van der Waals surface area contributed by atoms with Crippen LogP contribution in [-0.2, 0) is 0 Å². The van der Waals surface area contributed by atoms with Crippen LogP contribution in [0.1, 0.15) is 15.9 Å². The maximum Gasteiger partial charge on any atom is 0.387 e. The van der Waals surface area contributed by atoms with Gasteiger partial charge in [-0.15, -0.1) is 11.3 Å². The Morgan fingerprint density at radius 3 is 2.50 bits per heavy atom. The number of hydrogen-bond donors (Lipinski definition) is 1. The van der Waals surface area contributed by atoms with Crippen molar-refractivity contribution in [3.8, 4) is 11.5 Å². The summed E-state index contributed by atoms with van der Waals surface area (Å²) in [6.07, 6.45) is 2.73. The quantitative estimate of drug-likeness (QED) is 0.643. The SMILES string of the molecule is COc1ccccc1C(=O)/C=c1\[nH]c(=O)/c(=C\c2ccccc2OC(F)F)s1. The molecule has 0 unspecified atom stereocenters. The van der Waals surface area contributed by atoms with Gasteiger partial charge in [-0.3, -0.25) is 9.59 Å². The molecule has 144 valence electrons. The molecule has 0 fully saturated rings. The Kier molecular flexibility index (Phi) is 6.00. The Hall–Kier alpha value is -3.26. The van der Waals surface area contributed by atoms with E-state index in [9.17, 15) is 18.4 Å². The molecule has 0 aliphatic rings. The Labute approximate surface area is 162 Å². The van der Waals surface area contributed by atoms with Crippen LogP contribution in [0, 0.1) is 0 Å². The highest BCUT2D eigenvalue weighted by molar-refractivity contribution is 7.07. The fourth-order valence-corrected chi connectivity index (χ4v) is 3.39. The molecule has 0 radical (unpaired) electrons. The predicted molar refractivity (Wildman–Crippen MR) is 103 cm³/mol. The zero-order valence-electron chi connectivity index (χ0n) is 14.6. The number of thiazole rings is 1. The highest BCUT2D eigenvalue weighted by Gasteiger charge is 2.10. The van der Waals surface area contributed by atoms with E-state index < -0.39 is 12.2 Å². The lowest BCUT2D eigenvalue weighted by atomic mass is 10.1. The van der Waals surface area contributed by atoms with Crippen molar-refractivity contribution in [2.75, 3.05) is 7.11 Å². The molecule has 2 aromatic carbocycles. The van der Waals surface area contributed by atoms with E-state index in [1.54, 1.807) is 42.5 Å². The first-order valence-corrected chi connectivity index (χ1v) is 8.93. The maximum absolute atomic E-state index is 12.5. The maximum atomic E-state index is 12.5. The summed E-state index contributed by atoms with van der Waals surface area (Å²) in [5, 5.41) is 0. The summed E-state index contributed by atoms with van der Waals surface area (Å²) in [5.74, 6) is 0.0522. The van der Waals surface area contributed by atoms with Crippen molar-refractivity contribution in [3.63, 3.8) is 0 Å². The van der Waals surface area contributed by atoms with Crippen LogP contribution in [0.15, 0.2) is 53.3 Å². The molecule has 1 N–H and O–H groups in total. The number of ketones is 1. The van der Waals surface area contributed by atoms with Crippen molar-refractivity contribution >= 4 is 29.3 Å². The van der Waals surface area contributed by atoms with Crippen LogP contribution in [0.5, 0.6) is 11.5 Å². The first-order chi connectivity index (χ1) is 13.5. The molecule has 1 aromatic heterocycles. The molecule has 8 heteroatoms. The average molecular weight is 403 g/mol. The molecule has 3 aromatic rings. The van der Waals surface area contributed by atoms with E-state index in [1.807, 2.05) is 0 Å². The standard InChI is InChI=1S/C20H15F2NO4S/c1-26-16-9-5-3-7-13(16)14(24)11-18-23-19(25)17(28-18)10-12-6-2-4-8-15(12)27-20(21)22/h2-11,20H,1H3,(H,23,25)/b17-10+,18-11+. The second kappa shape index (κ2) is 8.62. The van der Waals surface area contributed by atoms with E-state index in [4.69, 9.17) is 4.74 Å². The van der Waals surface area contributed by atoms with Crippen molar-refractivity contribution in [1.29, 1.82) is 0 Å². The third kappa shape index (κ3) is 4.52. The lowest BCUT2D eigenvalue weighted by molar-refractivity contribution is -0.0499. The topological polar surface area (TPSA) is 68.4 Å². The number of carbonyl (C=O) groups excluding carboxylic acids is 1. The number of halogens is 2. The van der Waals surface area contributed by atoms with Gasteiger partial charge in [0.15, 0.2) is 5.78 Å². The lowest BCUT2D eigenvalue weighted by Gasteiger charge is -2.06. The van der Waals surface area contributed by atoms with Gasteiger partial charge in [0.05, 0.1) is 21.9 Å². The van der Waals surface area contributed by atoms with E-state index in [1.165, 1.54) is 25.3 Å². The van der Waals surface area contributed by atoms with Gasteiger partial charge in [0.1, 0.15) is 11.5 Å². The van der Waals surface area contributed by atoms with E-state index in [0.717, 1.165) is 11.3 Å². The van der Waals surface area contributed by atoms with E-state index in [2.05, 4.69) is 9.72 Å². The Morgan fingerprint density at radius 1 is 1.11 bits per heavy atom. The summed E-state index contributed by atoms with van der Waals surface area (Å²) in [6, 6.07) is 12.9. The van der Waals surface area contributed by atoms with Gasteiger partial charge < -0.3 is 14.5 Å². The minimum Gasteiger partial charge on any atom is -0.496 e. The van der Waals surface area contributed by atoms with Crippen molar-refractivity contribution < 1.29 is 23.0 Å². The third-order valence-electron chi connectivity index (χ3n) is 3.74. The van der Waals surface area contributed by atoms with Crippen LogP contribution in [0.25, 0.3) is 12.2 Å². The molecule has 0 saturated carbocycles. The van der Waals surface area contributed by atoms with Gasteiger partial charge in [0, 0.05) is 11.6 Å². The monoisotopic (exact) mass is 403 g/mol. The summed E-state index contributed by atoms with van der Waals surface area (Å²) in [4.78, 5) is 27.3. The van der Waals surface area contributed by atoms with Gasteiger partial charge in [-0.05, 0) is 24.3 Å². The summed E-state index contributed by atoms with van der Waals surface area (Å²) in [5.41, 5.74) is 0.258. The number of aromatic amines is 1. The molecule has 28 heavy (non-hydrogen) atoms. The molecule has 0 atom stereocenters. The van der Waals surface area contributed by atoms with Crippen molar-refractivity contribution in [3.05, 3.63) is 79.2 Å². The Morgan fingerprint density at radius 2 is 1.79 bits per heavy atom. The average Bonchev–Trinajstić information content (AvgIpc) is 3.01. The smallest absolute Gasteiger partial charge is 0.387 e. The highest BCUT2D eigenvalue weighted by atomic mass is 32.1. The first-order valence-electron chi connectivity index (χ1n) is 8.11. The van der Waals surface area contributed by atoms with Gasteiger partial charge in [0.25, 0.3) is 5.56 Å². The molecule has 5 nitrogen and oxygen atoms in total. The molecule has 0 saturated heterocycles. The van der Waals surface area contributed by atoms with Crippen molar-refractivity contribution in [2.24, 2.45) is 0 Å². The van der Waals surface area contributed by atoms with Crippen LogP contribution in [0.4, 0.5) is 8.78 Å². The molecular formula is C20H15F2NO4S. The minimum absolute atomic E-state index is 0.0408. The van der Waals surface area contributed by atoms with E-state index >= 15 is 0 Å². The number of aromatic nitrogens is 1. The Balaban J connectivity index is 2.00. The van der Waals surface area contributed by atoms with Gasteiger partial charge >= 0.3 is 6.61 Å². The molecule has 0 aliphatic heterocycles. The largest absolute Gasteiger partial charge is 0.496 e. The molecule has 1 heterocycles.